The third-order valence-corrected chi connectivity index (χ3v) is 4.05. The maximum absolute atomic E-state index is 5.71. The van der Waals surface area contributed by atoms with E-state index < -0.39 is 0 Å². The van der Waals surface area contributed by atoms with Crippen molar-refractivity contribution in [1.29, 1.82) is 0 Å². The molecule has 0 unspecified atom stereocenters. The van der Waals surface area contributed by atoms with Crippen molar-refractivity contribution in [3.8, 4) is 5.75 Å². The van der Waals surface area contributed by atoms with E-state index in [9.17, 15) is 0 Å². The molecule has 0 spiro atoms. The molecule has 96 valence electrons. The topological polar surface area (TPSA) is 69.4 Å². The predicted octanol–water partition coefficient (Wildman–Crippen LogP) is 1.96. The van der Waals surface area contributed by atoms with Gasteiger partial charge >= 0.3 is 0 Å². The highest BCUT2D eigenvalue weighted by Crippen LogP contribution is 2.37. The van der Waals surface area contributed by atoms with Gasteiger partial charge < -0.3 is 20.5 Å². The third-order valence-electron chi connectivity index (χ3n) is 3.25. The number of aromatic nitrogens is 1. The van der Waals surface area contributed by atoms with Gasteiger partial charge in [-0.25, -0.2) is 0 Å². The maximum atomic E-state index is 5.71. The summed E-state index contributed by atoms with van der Waals surface area (Å²) in [6, 6.07) is 0. The molecule has 17 heavy (non-hydrogen) atoms. The minimum atomic E-state index is 0.280. The number of hydrogen-bond donors (Lipinski definition) is 2. The second-order valence-electron chi connectivity index (χ2n) is 4.71. The second kappa shape index (κ2) is 5.10. The number of nitrogens with one attached hydrogen (secondary N) is 1. The lowest BCUT2D eigenvalue weighted by Gasteiger charge is -2.33. The van der Waals surface area contributed by atoms with Crippen LogP contribution < -0.4 is 15.8 Å². The average Bonchev–Trinajstić information content (AvgIpc) is 2.68. The van der Waals surface area contributed by atoms with E-state index in [1.807, 2.05) is 0 Å². The van der Waals surface area contributed by atoms with E-state index in [0.29, 0.717) is 11.6 Å². The molecule has 0 aromatic carbocycles. The van der Waals surface area contributed by atoms with E-state index in [0.717, 1.165) is 37.6 Å². The maximum Gasteiger partial charge on any atom is 0.197 e. The Bertz CT molecular complexity index is 375. The standard InChI is InChI=1S/C11H19N3O2S/c1-11(3-5-16-6-4-11)7-13-10-8(15-2)9(12)14-17-10/h13H,3-7H2,1-2H3,(H2,12,14). The molecule has 1 aromatic rings. The first kappa shape index (κ1) is 12.4. The van der Waals surface area contributed by atoms with Gasteiger partial charge in [0.2, 0.25) is 0 Å². The van der Waals surface area contributed by atoms with Gasteiger partial charge in [0.25, 0.3) is 0 Å². The number of nitrogens with zero attached hydrogens (tertiary/aromatic N) is 1. The Hall–Kier alpha value is -1.01. The van der Waals surface area contributed by atoms with Crippen LogP contribution in [-0.2, 0) is 4.74 Å². The van der Waals surface area contributed by atoms with Crippen LogP contribution in [0.1, 0.15) is 19.8 Å². The number of hydrogen-bond acceptors (Lipinski definition) is 6. The molecule has 0 radical (unpaired) electrons. The molecule has 6 heteroatoms. The van der Waals surface area contributed by atoms with E-state index in [2.05, 4.69) is 16.6 Å². The first-order valence-corrected chi connectivity index (χ1v) is 6.53. The Balaban J connectivity index is 1.96. The fourth-order valence-corrected chi connectivity index (χ4v) is 2.62. The van der Waals surface area contributed by atoms with Gasteiger partial charge in [-0.2, -0.15) is 4.37 Å². The lowest BCUT2D eigenvalue weighted by molar-refractivity contribution is 0.0300. The molecular formula is C11H19N3O2S. The molecule has 1 fully saturated rings. The lowest BCUT2D eigenvalue weighted by atomic mass is 9.82. The van der Waals surface area contributed by atoms with Crippen molar-refractivity contribution in [2.75, 3.05) is 37.9 Å². The van der Waals surface area contributed by atoms with Gasteiger partial charge in [0, 0.05) is 19.8 Å². The summed E-state index contributed by atoms with van der Waals surface area (Å²) < 4.78 is 14.7. The van der Waals surface area contributed by atoms with Crippen LogP contribution >= 0.6 is 11.5 Å². The lowest BCUT2D eigenvalue weighted by Crippen LogP contribution is -2.33. The number of methoxy groups -OCH3 is 1. The summed E-state index contributed by atoms with van der Waals surface area (Å²) in [5.74, 6) is 1.11. The van der Waals surface area contributed by atoms with Crippen molar-refractivity contribution >= 4 is 22.4 Å². The summed E-state index contributed by atoms with van der Waals surface area (Å²) in [6.07, 6.45) is 2.16. The van der Waals surface area contributed by atoms with Crippen molar-refractivity contribution < 1.29 is 9.47 Å². The molecule has 3 N–H and O–H groups in total. The quantitative estimate of drug-likeness (QED) is 0.863. The van der Waals surface area contributed by atoms with Gasteiger partial charge in [-0.15, -0.1) is 0 Å². The predicted molar refractivity (Wildman–Crippen MR) is 69.7 cm³/mol. The number of anilines is 2. The summed E-state index contributed by atoms with van der Waals surface area (Å²) in [5, 5.41) is 4.31. The van der Waals surface area contributed by atoms with Crippen LogP contribution in [0.3, 0.4) is 0 Å². The van der Waals surface area contributed by atoms with Gasteiger partial charge in [-0.05, 0) is 29.8 Å². The average molecular weight is 257 g/mol. The third kappa shape index (κ3) is 2.81. The van der Waals surface area contributed by atoms with Crippen molar-refractivity contribution in [1.82, 2.24) is 4.37 Å². The summed E-state index contributed by atoms with van der Waals surface area (Å²) in [7, 11) is 1.61. The van der Waals surface area contributed by atoms with Crippen molar-refractivity contribution in [2.45, 2.75) is 19.8 Å². The molecule has 1 aliphatic rings. The first-order chi connectivity index (χ1) is 8.14. The highest BCUT2D eigenvalue weighted by atomic mass is 32.1. The molecule has 1 aromatic heterocycles. The van der Waals surface area contributed by atoms with Gasteiger partial charge in [0.1, 0.15) is 0 Å². The van der Waals surface area contributed by atoms with E-state index in [4.69, 9.17) is 15.2 Å². The van der Waals surface area contributed by atoms with E-state index in [-0.39, 0.29) is 5.41 Å². The Morgan fingerprint density at radius 2 is 2.24 bits per heavy atom. The van der Waals surface area contributed by atoms with Crippen LogP contribution in [0, 0.1) is 5.41 Å². The van der Waals surface area contributed by atoms with Crippen LogP contribution in [0.15, 0.2) is 0 Å². The molecular weight excluding hydrogens is 238 g/mol. The summed E-state index contributed by atoms with van der Waals surface area (Å²) >= 11 is 1.35. The van der Waals surface area contributed by atoms with Crippen LogP contribution in [0.4, 0.5) is 10.8 Å². The smallest absolute Gasteiger partial charge is 0.197 e. The monoisotopic (exact) mass is 257 g/mol. The van der Waals surface area contributed by atoms with Crippen molar-refractivity contribution in [3.63, 3.8) is 0 Å². The van der Waals surface area contributed by atoms with Crippen LogP contribution in [0.25, 0.3) is 0 Å². The zero-order chi connectivity index (χ0) is 12.3. The van der Waals surface area contributed by atoms with Gasteiger partial charge in [-0.3, -0.25) is 0 Å². The SMILES string of the molecule is COc1c(N)nsc1NCC1(C)CCOCC1. The Kier molecular flexibility index (Phi) is 3.73. The Labute approximate surface area is 105 Å². The normalized spacial score (nSPS) is 18.9. The number of nitrogen functional groups attached to an aromatic ring is 1. The van der Waals surface area contributed by atoms with E-state index in [1.165, 1.54) is 11.5 Å². The molecule has 0 bridgehead atoms. The Morgan fingerprint density at radius 1 is 1.53 bits per heavy atom. The fourth-order valence-electron chi connectivity index (χ4n) is 1.94. The van der Waals surface area contributed by atoms with Crippen LogP contribution in [0.5, 0.6) is 5.75 Å². The molecule has 1 saturated heterocycles. The second-order valence-corrected chi connectivity index (χ2v) is 5.48. The highest BCUT2D eigenvalue weighted by molar-refractivity contribution is 7.11. The number of ether oxygens (including phenoxy) is 2. The molecule has 5 nitrogen and oxygen atoms in total. The molecule has 1 aliphatic heterocycles. The minimum absolute atomic E-state index is 0.280. The van der Waals surface area contributed by atoms with Crippen molar-refractivity contribution in [2.24, 2.45) is 5.41 Å². The number of nitrogens with two attached hydrogens (primary N) is 1. The van der Waals surface area contributed by atoms with E-state index in [1.54, 1.807) is 7.11 Å². The fraction of sp³-hybridized carbons (Fsp3) is 0.727. The van der Waals surface area contributed by atoms with Gasteiger partial charge in [0.15, 0.2) is 16.6 Å². The van der Waals surface area contributed by atoms with Crippen LogP contribution in [0.2, 0.25) is 0 Å². The molecule has 2 heterocycles. The zero-order valence-electron chi connectivity index (χ0n) is 10.3. The molecule has 0 atom stereocenters. The molecule has 0 saturated carbocycles. The van der Waals surface area contributed by atoms with Crippen molar-refractivity contribution in [3.05, 3.63) is 0 Å². The number of rotatable bonds is 4. The molecule has 2 rings (SSSR count). The minimum Gasteiger partial charge on any atom is -0.490 e. The van der Waals surface area contributed by atoms with Gasteiger partial charge in [0.05, 0.1) is 7.11 Å². The Morgan fingerprint density at radius 3 is 2.88 bits per heavy atom. The zero-order valence-corrected chi connectivity index (χ0v) is 11.1. The van der Waals surface area contributed by atoms with Crippen LogP contribution in [-0.4, -0.2) is 31.2 Å². The van der Waals surface area contributed by atoms with E-state index >= 15 is 0 Å². The summed E-state index contributed by atoms with van der Waals surface area (Å²) in [5.41, 5.74) is 5.99. The van der Waals surface area contributed by atoms with Gasteiger partial charge in [-0.1, -0.05) is 6.92 Å². The summed E-state index contributed by atoms with van der Waals surface area (Å²) in [6.45, 7) is 4.87. The highest BCUT2D eigenvalue weighted by Gasteiger charge is 2.27. The largest absolute Gasteiger partial charge is 0.490 e. The first-order valence-electron chi connectivity index (χ1n) is 5.75. The summed E-state index contributed by atoms with van der Waals surface area (Å²) in [4.78, 5) is 0. The molecule has 0 amide bonds. The molecule has 0 aliphatic carbocycles.